The number of benzene rings is 1. The fraction of sp³-hybridized carbons (Fsp3) is 0.375. The average Bonchev–Trinajstić information content (AvgIpc) is 2.96. The number of carbonyl (C=O) groups is 1. The molecule has 1 unspecified atom stereocenters. The normalized spacial score (nSPS) is 12.0. The molecule has 1 N–H and O–H groups in total. The molecule has 2 aromatic rings. The molecule has 0 aliphatic rings. The number of aryl methyl sites for hydroxylation is 1. The van der Waals surface area contributed by atoms with Crippen molar-refractivity contribution in [3.05, 3.63) is 45.9 Å². The Morgan fingerprint density at radius 2 is 2.27 bits per heavy atom. The van der Waals surface area contributed by atoms with E-state index >= 15 is 0 Å². The van der Waals surface area contributed by atoms with E-state index in [1.54, 1.807) is 14.0 Å². The molecule has 118 valence electrons. The van der Waals surface area contributed by atoms with Crippen molar-refractivity contribution < 1.29 is 14.3 Å². The van der Waals surface area contributed by atoms with Crippen LogP contribution in [0.15, 0.2) is 29.6 Å². The van der Waals surface area contributed by atoms with Gasteiger partial charge in [-0.15, -0.1) is 11.3 Å². The molecular weight excluding hydrogens is 300 g/mol. The number of methoxy groups -OCH3 is 1. The summed E-state index contributed by atoms with van der Waals surface area (Å²) in [5, 5.41) is 5.69. The smallest absolute Gasteiger partial charge is 0.249 e. The number of hydrogen-bond donors (Lipinski definition) is 1. The van der Waals surface area contributed by atoms with Crippen LogP contribution in [0.2, 0.25) is 0 Å². The molecule has 0 aliphatic heterocycles. The van der Waals surface area contributed by atoms with E-state index in [-0.39, 0.29) is 5.91 Å². The fourth-order valence-electron chi connectivity index (χ4n) is 1.85. The maximum Gasteiger partial charge on any atom is 0.249 e. The third kappa shape index (κ3) is 4.82. The van der Waals surface area contributed by atoms with Crippen molar-refractivity contribution in [3.63, 3.8) is 0 Å². The number of thiazole rings is 1. The van der Waals surface area contributed by atoms with Crippen LogP contribution in [0.5, 0.6) is 5.75 Å². The molecule has 0 aliphatic carbocycles. The second-order valence-electron chi connectivity index (χ2n) is 4.91. The predicted octanol–water partition coefficient (Wildman–Crippen LogP) is 2.68. The summed E-state index contributed by atoms with van der Waals surface area (Å²) in [5.74, 6) is 0.632. The zero-order valence-corrected chi connectivity index (χ0v) is 13.8. The minimum absolute atomic E-state index is 0.143. The molecule has 0 fully saturated rings. The van der Waals surface area contributed by atoms with E-state index in [2.05, 4.69) is 10.3 Å². The summed E-state index contributed by atoms with van der Waals surface area (Å²) in [5.41, 5.74) is 1.94. The van der Waals surface area contributed by atoms with Gasteiger partial charge in [0.25, 0.3) is 0 Å². The Morgan fingerprint density at radius 1 is 1.45 bits per heavy atom. The maximum atomic E-state index is 12.0. The van der Waals surface area contributed by atoms with Gasteiger partial charge in [0.05, 0.1) is 20.3 Å². The van der Waals surface area contributed by atoms with Gasteiger partial charge in [0, 0.05) is 11.1 Å². The summed E-state index contributed by atoms with van der Waals surface area (Å²) in [6, 6.07) is 7.59. The first-order chi connectivity index (χ1) is 10.6. The summed E-state index contributed by atoms with van der Waals surface area (Å²) >= 11 is 1.54. The van der Waals surface area contributed by atoms with Gasteiger partial charge in [-0.1, -0.05) is 12.1 Å². The number of aromatic nitrogens is 1. The molecule has 5 nitrogen and oxygen atoms in total. The summed E-state index contributed by atoms with van der Waals surface area (Å²) in [6.07, 6.45) is -0.521. The Balaban J connectivity index is 1.78. The molecular formula is C16H20N2O3S. The van der Waals surface area contributed by atoms with Crippen LogP contribution in [0.25, 0.3) is 0 Å². The van der Waals surface area contributed by atoms with E-state index < -0.39 is 6.10 Å². The SMILES string of the molecule is COc1cccc(COC(C)C(=O)NCc2nc(C)cs2)c1. The maximum absolute atomic E-state index is 12.0. The highest BCUT2D eigenvalue weighted by Gasteiger charge is 2.13. The monoisotopic (exact) mass is 320 g/mol. The topological polar surface area (TPSA) is 60.5 Å². The molecule has 2 rings (SSSR count). The van der Waals surface area contributed by atoms with Gasteiger partial charge < -0.3 is 14.8 Å². The molecule has 0 bridgehead atoms. The molecule has 1 atom stereocenters. The van der Waals surface area contributed by atoms with Crippen molar-refractivity contribution in [2.24, 2.45) is 0 Å². The van der Waals surface area contributed by atoms with Crippen LogP contribution in [-0.2, 0) is 22.7 Å². The second-order valence-corrected chi connectivity index (χ2v) is 5.85. The van der Waals surface area contributed by atoms with Gasteiger partial charge in [-0.2, -0.15) is 0 Å². The van der Waals surface area contributed by atoms with E-state index in [1.807, 2.05) is 36.6 Å². The van der Waals surface area contributed by atoms with Crippen molar-refractivity contribution in [2.75, 3.05) is 7.11 Å². The van der Waals surface area contributed by atoms with Gasteiger partial charge in [0.1, 0.15) is 16.9 Å². The minimum atomic E-state index is -0.521. The summed E-state index contributed by atoms with van der Waals surface area (Å²) < 4.78 is 10.8. The third-order valence-electron chi connectivity index (χ3n) is 3.08. The van der Waals surface area contributed by atoms with Crippen LogP contribution in [0, 0.1) is 6.92 Å². The van der Waals surface area contributed by atoms with E-state index in [1.165, 1.54) is 11.3 Å². The van der Waals surface area contributed by atoms with Crippen molar-refractivity contribution in [1.29, 1.82) is 0 Å². The van der Waals surface area contributed by atoms with E-state index in [0.717, 1.165) is 22.0 Å². The van der Waals surface area contributed by atoms with Crippen molar-refractivity contribution in [3.8, 4) is 5.75 Å². The average molecular weight is 320 g/mol. The predicted molar refractivity (Wildman–Crippen MR) is 85.9 cm³/mol. The first-order valence-electron chi connectivity index (χ1n) is 7.01. The van der Waals surface area contributed by atoms with E-state index in [0.29, 0.717) is 13.2 Å². The lowest BCUT2D eigenvalue weighted by molar-refractivity contribution is -0.132. The Kier molecular flexibility index (Phi) is 5.91. The van der Waals surface area contributed by atoms with Crippen molar-refractivity contribution in [2.45, 2.75) is 33.1 Å². The lowest BCUT2D eigenvalue weighted by Gasteiger charge is -2.13. The van der Waals surface area contributed by atoms with Gasteiger partial charge in [-0.05, 0) is 31.5 Å². The molecule has 1 amide bonds. The van der Waals surface area contributed by atoms with Crippen LogP contribution >= 0.6 is 11.3 Å². The number of amides is 1. The zero-order chi connectivity index (χ0) is 15.9. The molecule has 1 aromatic carbocycles. The van der Waals surface area contributed by atoms with Crippen LogP contribution < -0.4 is 10.1 Å². The van der Waals surface area contributed by atoms with Gasteiger partial charge in [0.2, 0.25) is 5.91 Å². The molecule has 0 spiro atoms. The number of nitrogens with one attached hydrogen (secondary N) is 1. The van der Waals surface area contributed by atoms with E-state index in [4.69, 9.17) is 9.47 Å². The highest BCUT2D eigenvalue weighted by atomic mass is 32.1. The molecule has 22 heavy (non-hydrogen) atoms. The Hall–Kier alpha value is -1.92. The van der Waals surface area contributed by atoms with Gasteiger partial charge in [-0.25, -0.2) is 4.98 Å². The fourth-order valence-corrected chi connectivity index (χ4v) is 2.56. The van der Waals surface area contributed by atoms with Crippen molar-refractivity contribution >= 4 is 17.2 Å². The minimum Gasteiger partial charge on any atom is -0.497 e. The lowest BCUT2D eigenvalue weighted by atomic mass is 10.2. The molecule has 1 aromatic heterocycles. The molecule has 0 radical (unpaired) electrons. The third-order valence-corrected chi connectivity index (χ3v) is 4.05. The summed E-state index contributed by atoms with van der Waals surface area (Å²) in [6.45, 7) is 4.47. The lowest BCUT2D eigenvalue weighted by Crippen LogP contribution is -2.34. The molecule has 0 saturated heterocycles. The zero-order valence-electron chi connectivity index (χ0n) is 13.0. The number of rotatable bonds is 7. The molecule has 0 saturated carbocycles. The number of ether oxygens (including phenoxy) is 2. The van der Waals surface area contributed by atoms with Gasteiger partial charge in [-0.3, -0.25) is 4.79 Å². The van der Waals surface area contributed by atoms with Crippen LogP contribution in [-0.4, -0.2) is 24.1 Å². The van der Waals surface area contributed by atoms with Gasteiger partial charge in [0.15, 0.2) is 0 Å². The Bertz CT molecular complexity index is 627. The quantitative estimate of drug-likeness (QED) is 0.852. The standard InChI is InChI=1S/C16H20N2O3S/c1-11-10-22-15(18-11)8-17-16(19)12(2)21-9-13-5-4-6-14(7-13)20-3/h4-7,10,12H,8-9H2,1-3H3,(H,17,19). The van der Waals surface area contributed by atoms with Crippen LogP contribution in [0.1, 0.15) is 23.2 Å². The van der Waals surface area contributed by atoms with E-state index in [9.17, 15) is 4.79 Å². The summed E-state index contributed by atoms with van der Waals surface area (Å²) in [4.78, 5) is 16.3. The first kappa shape index (κ1) is 16.5. The van der Waals surface area contributed by atoms with Crippen molar-refractivity contribution in [1.82, 2.24) is 10.3 Å². The Morgan fingerprint density at radius 3 is 2.95 bits per heavy atom. The highest BCUT2D eigenvalue weighted by molar-refractivity contribution is 7.09. The largest absolute Gasteiger partial charge is 0.497 e. The highest BCUT2D eigenvalue weighted by Crippen LogP contribution is 2.14. The number of hydrogen-bond acceptors (Lipinski definition) is 5. The molecule has 1 heterocycles. The van der Waals surface area contributed by atoms with Crippen LogP contribution in [0.4, 0.5) is 0 Å². The molecule has 6 heteroatoms. The number of carbonyl (C=O) groups excluding carboxylic acids is 1. The second kappa shape index (κ2) is 7.91. The first-order valence-corrected chi connectivity index (χ1v) is 7.89. The number of nitrogens with zero attached hydrogens (tertiary/aromatic N) is 1. The van der Waals surface area contributed by atoms with Gasteiger partial charge >= 0.3 is 0 Å². The summed E-state index contributed by atoms with van der Waals surface area (Å²) in [7, 11) is 1.62. The van der Waals surface area contributed by atoms with Crippen LogP contribution in [0.3, 0.4) is 0 Å². The Labute approximate surface area is 134 Å².